The monoisotopic (exact) mass is 612 g/mol. The van der Waals surface area contributed by atoms with Crippen LogP contribution < -0.4 is 5.32 Å². The second-order valence-corrected chi connectivity index (χ2v) is 12.0. The Bertz CT molecular complexity index is 1670. The van der Waals surface area contributed by atoms with Crippen LogP contribution in [0.5, 0.6) is 0 Å². The van der Waals surface area contributed by atoms with Crippen LogP contribution in [0.1, 0.15) is 42.2 Å². The van der Waals surface area contributed by atoms with Crippen LogP contribution in [-0.4, -0.2) is 45.6 Å². The Balaban J connectivity index is 1.33. The summed E-state index contributed by atoms with van der Waals surface area (Å²) in [6.07, 6.45) is 0.804. The topological polar surface area (TPSA) is 125 Å². The van der Waals surface area contributed by atoms with Crippen molar-refractivity contribution in [2.24, 2.45) is 0 Å². The molecule has 0 aliphatic carbocycles. The van der Waals surface area contributed by atoms with Crippen molar-refractivity contribution in [2.45, 2.75) is 49.6 Å². The number of nitrogens with zero attached hydrogens (tertiary/aromatic N) is 2. The van der Waals surface area contributed by atoms with E-state index in [1.54, 1.807) is 6.26 Å². The number of furan rings is 1. The maximum Gasteiger partial charge on any atom is 0.694 e. The van der Waals surface area contributed by atoms with Gasteiger partial charge in [0.25, 0.3) is 0 Å². The predicted octanol–water partition coefficient (Wildman–Crippen LogP) is 6.25. The molecule has 0 bridgehead atoms. The number of ether oxygens (including phenoxy) is 3. The first-order valence-corrected chi connectivity index (χ1v) is 15.5. The summed E-state index contributed by atoms with van der Waals surface area (Å²) in [4.78, 5) is 18.5. The van der Waals surface area contributed by atoms with Crippen LogP contribution >= 0.6 is 8.25 Å². The molecule has 2 N–H and O–H groups in total. The third-order valence-electron chi connectivity index (χ3n) is 8.11. The lowest BCUT2D eigenvalue weighted by Crippen LogP contribution is -2.38. The maximum atomic E-state index is 11.3. The van der Waals surface area contributed by atoms with Crippen molar-refractivity contribution in [1.29, 1.82) is 0 Å². The minimum Gasteiger partial charge on any atom is -0.458 e. The molecule has 11 heteroatoms. The third kappa shape index (κ3) is 5.09. The zero-order chi connectivity index (χ0) is 30.3. The van der Waals surface area contributed by atoms with E-state index in [1.165, 1.54) is 6.33 Å². The third-order valence-corrected chi connectivity index (χ3v) is 8.48. The van der Waals surface area contributed by atoms with E-state index in [1.807, 2.05) is 68.4 Å². The van der Waals surface area contributed by atoms with E-state index in [2.05, 4.69) is 51.7 Å². The van der Waals surface area contributed by atoms with Crippen molar-refractivity contribution in [3.05, 3.63) is 126 Å². The highest BCUT2D eigenvalue weighted by atomic mass is 31.1. The van der Waals surface area contributed by atoms with Gasteiger partial charge in [-0.05, 0) is 30.5 Å². The summed E-state index contributed by atoms with van der Waals surface area (Å²) in [6, 6.07) is 30.6. The normalized spacial score (nSPS) is 23.0. The molecule has 44 heavy (non-hydrogen) atoms. The van der Waals surface area contributed by atoms with Gasteiger partial charge in [0.2, 0.25) is 0 Å². The van der Waals surface area contributed by atoms with Gasteiger partial charge in [0, 0.05) is 10.1 Å². The Morgan fingerprint density at radius 2 is 1.45 bits per heavy atom. The Hall–Kier alpha value is -4.02. The fourth-order valence-corrected chi connectivity index (χ4v) is 6.60. The number of fused-ring (bicyclic) bond motifs is 2. The van der Waals surface area contributed by atoms with Gasteiger partial charge in [0.1, 0.15) is 48.4 Å². The molecule has 7 rings (SSSR count). The molecule has 10 nitrogen and oxygen atoms in total. The standard InChI is InChI=1S/C33H30N3O7P/c1-32(2)42-28-25(19-40-44(37)38)41-27(30(28)43-32)24-18-39-29-26(24)34-20-35-31(29)36-33(21-12-6-3-7-13-21,22-14-8-4-9-15-22)23-16-10-5-11-17-23/h3-18,20,25,27-28,30H,19H2,1-2H3,(H-,34,35,36,37,38)/p+1/t25-,27+,28+,30?/m1/s1. The summed E-state index contributed by atoms with van der Waals surface area (Å²) in [6.45, 7) is 3.51. The lowest BCUT2D eigenvalue weighted by atomic mass is 9.77. The zero-order valence-corrected chi connectivity index (χ0v) is 25.0. The van der Waals surface area contributed by atoms with E-state index in [0.717, 1.165) is 16.7 Å². The summed E-state index contributed by atoms with van der Waals surface area (Å²) in [5.41, 5.74) is 3.87. The van der Waals surface area contributed by atoms with E-state index in [-0.39, 0.29) is 6.61 Å². The highest BCUT2D eigenvalue weighted by Gasteiger charge is 2.57. The van der Waals surface area contributed by atoms with Crippen molar-refractivity contribution >= 4 is 25.2 Å². The number of hydrogen-bond donors (Lipinski definition) is 2. The first-order valence-electron chi connectivity index (χ1n) is 14.3. The van der Waals surface area contributed by atoms with E-state index >= 15 is 0 Å². The molecule has 3 aromatic carbocycles. The molecule has 5 atom stereocenters. The summed E-state index contributed by atoms with van der Waals surface area (Å²) in [5, 5.41) is 3.77. The molecule has 2 saturated heterocycles. The lowest BCUT2D eigenvalue weighted by Gasteiger charge is -2.37. The number of benzene rings is 3. The minimum absolute atomic E-state index is 0.131. The van der Waals surface area contributed by atoms with Crippen LogP contribution in [0.25, 0.3) is 11.1 Å². The Morgan fingerprint density at radius 3 is 2.02 bits per heavy atom. The van der Waals surface area contributed by atoms with Gasteiger partial charge in [0.15, 0.2) is 17.2 Å². The van der Waals surface area contributed by atoms with Gasteiger partial charge in [-0.1, -0.05) is 91.0 Å². The first-order chi connectivity index (χ1) is 21.4. The highest BCUT2D eigenvalue weighted by molar-refractivity contribution is 7.32. The van der Waals surface area contributed by atoms with Gasteiger partial charge in [0.05, 0.1) is 6.26 Å². The van der Waals surface area contributed by atoms with E-state index in [9.17, 15) is 9.46 Å². The second-order valence-electron chi connectivity index (χ2n) is 11.3. The summed E-state index contributed by atoms with van der Waals surface area (Å²) < 4.78 is 41.2. The van der Waals surface area contributed by atoms with Crippen molar-refractivity contribution in [2.75, 3.05) is 11.9 Å². The molecule has 0 spiro atoms. The van der Waals surface area contributed by atoms with Crippen molar-refractivity contribution in [3.63, 3.8) is 0 Å². The van der Waals surface area contributed by atoms with E-state index < -0.39 is 44.0 Å². The van der Waals surface area contributed by atoms with Crippen molar-refractivity contribution in [1.82, 2.24) is 9.97 Å². The predicted molar refractivity (Wildman–Crippen MR) is 162 cm³/mol. The Morgan fingerprint density at radius 1 is 0.886 bits per heavy atom. The smallest absolute Gasteiger partial charge is 0.458 e. The van der Waals surface area contributed by atoms with Gasteiger partial charge in [-0.2, -0.15) is 0 Å². The summed E-state index contributed by atoms with van der Waals surface area (Å²) in [5.74, 6) is -0.382. The summed E-state index contributed by atoms with van der Waals surface area (Å²) in [7, 11) is -2.80. The Labute approximate surface area is 254 Å². The Kier molecular flexibility index (Phi) is 7.50. The van der Waals surface area contributed by atoms with Crippen molar-refractivity contribution in [3.8, 4) is 0 Å². The number of anilines is 1. The van der Waals surface area contributed by atoms with Gasteiger partial charge < -0.3 is 23.9 Å². The molecule has 0 saturated carbocycles. The fraction of sp³-hybridized carbons (Fsp3) is 0.273. The zero-order valence-electron chi connectivity index (χ0n) is 24.1. The number of nitrogens with one attached hydrogen (secondary N) is 1. The number of hydrogen-bond acceptors (Lipinski definition) is 9. The van der Waals surface area contributed by atoms with Crippen LogP contribution in [0.15, 0.2) is 108 Å². The van der Waals surface area contributed by atoms with Crippen LogP contribution in [0, 0.1) is 0 Å². The molecule has 0 amide bonds. The molecule has 0 radical (unpaired) electrons. The molecule has 2 unspecified atom stereocenters. The molecular weight excluding hydrogens is 581 g/mol. The van der Waals surface area contributed by atoms with Crippen molar-refractivity contribution < 1.29 is 32.6 Å². The molecular formula is C33H31N3O7P+. The first kappa shape index (κ1) is 28.7. The fourth-order valence-electron chi connectivity index (χ4n) is 6.32. The highest BCUT2D eigenvalue weighted by Crippen LogP contribution is 2.48. The quantitative estimate of drug-likeness (QED) is 0.146. The molecule has 2 aliphatic rings. The molecule has 4 heterocycles. The van der Waals surface area contributed by atoms with Gasteiger partial charge >= 0.3 is 8.25 Å². The largest absolute Gasteiger partial charge is 0.694 e. The average Bonchev–Trinajstić information content (AvgIpc) is 3.71. The van der Waals surface area contributed by atoms with Crippen LogP contribution in [0.3, 0.4) is 0 Å². The van der Waals surface area contributed by atoms with Crippen LogP contribution in [0.2, 0.25) is 0 Å². The van der Waals surface area contributed by atoms with Crippen LogP contribution in [0.4, 0.5) is 5.82 Å². The van der Waals surface area contributed by atoms with Gasteiger partial charge in [-0.25, -0.2) is 9.97 Å². The molecule has 224 valence electrons. The van der Waals surface area contributed by atoms with Crippen LogP contribution in [-0.2, 0) is 28.8 Å². The molecule has 5 aromatic rings. The summed E-state index contributed by atoms with van der Waals surface area (Å²) >= 11 is 0. The molecule has 2 aliphatic heterocycles. The second kappa shape index (κ2) is 11.5. The molecule has 2 aromatic heterocycles. The van der Waals surface area contributed by atoms with E-state index in [0.29, 0.717) is 22.5 Å². The number of rotatable bonds is 9. The lowest BCUT2D eigenvalue weighted by molar-refractivity contribution is -0.190. The molecule has 2 fully saturated rings. The SMILES string of the molecule is CC1(C)OC2[C@@H](O1)[C@@H](CO[P+](=O)O)O[C@H]2c1coc2c(NC(c3ccccc3)(c3ccccc3)c3ccccc3)ncnc12. The number of aromatic nitrogens is 2. The van der Waals surface area contributed by atoms with Gasteiger partial charge in [-0.3, -0.25) is 0 Å². The van der Waals surface area contributed by atoms with E-state index in [4.69, 9.17) is 23.2 Å². The maximum absolute atomic E-state index is 11.3. The van der Waals surface area contributed by atoms with Gasteiger partial charge in [-0.15, -0.1) is 9.42 Å². The average molecular weight is 613 g/mol. The minimum atomic E-state index is -2.80.